The lowest BCUT2D eigenvalue weighted by Crippen LogP contribution is -2.30. The van der Waals surface area contributed by atoms with Gasteiger partial charge in [-0.3, -0.25) is 14.4 Å². The van der Waals surface area contributed by atoms with E-state index >= 15 is 0 Å². The highest BCUT2D eigenvalue weighted by molar-refractivity contribution is 5.71. The van der Waals surface area contributed by atoms with Gasteiger partial charge < -0.3 is 14.2 Å². The Morgan fingerprint density at radius 3 is 0.754 bits per heavy atom. The fourth-order valence-electron chi connectivity index (χ4n) is 9.05. The minimum atomic E-state index is -0.763. The van der Waals surface area contributed by atoms with Gasteiger partial charge >= 0.3 is 17.9 Å². The van der Waals surface area contributed by atoms with E-state index < -0.39 is 6.10 Å². The first-order chi connectivity index (χ1) is 31.7. The molecule has 0 aliphatic carbocycles. The molecule has 1 atom stereocenters. The van der Waals surface area contributed by atoms with Crippen LogP contribution in [0.4, 0.5) is 0 Å². The molecule has 6 nitrogen and oxygen atoms in total. The molecule has 0 bridgehead atoms. The number of carbonyl (C=O) groups excluding carboxylic acids is 3. The van der Waals surface area contributed by atoms with Crippen molar-refractivity contribution in [1.29, 1.82) is 0 Å². The summed E-state index contributed by atoms with van der Waals surface area (Å²) in [4.78, 5) is 38.1. The summed E-state index contributed by atoms with van der Waals surface area (Å²) in [5.74, 6) is 0.812. The van der Waals surface area contributed by atoms with Crippen LogP contribution in [0.25, 0.3) is 0 Å². The van der Waals surface area contributed by atoms with Crippen LogP contribution in [0.5, 0.6) is 0 Å². The summed E-state index contributed by atoms with van der Waals surface area (Å²) in [5.41, 5.74) is 0. The molecule has 0 radical (unpaired) electrons. The first-order valence-corrected chi connectivity index (χ1v) is 29.2. The average molecular weight is 920 g/mol. The topological polar surface area (TPSA) is 78.9 Å². The molecule has 0 saturated carbocycles. The Balaban J connectivity index is 4.28. The number of unbranched alkanes of at least 4 members (excludes halogenated alkanes) is 38. The molecule has 0 fully saturated rings. The van der Waals surface area contributed by atoms with Gasteiger partial charge in [-0.05, 0) is 31.1 Å². The minimum absolute atomic E-state index is 0.0630. The molecular weight excluding hydrogens is 805 g/mol. The van der Waals surface area contributed by atoms with Gasteiger partial charge in [0.25, 0.3) is 0 Å². The number of ether oxygens (including phenoxy) is 3. The second kappa shape index (κ2) is 51.8. The van der Waals surface area contributed by atoms with Crippen molar-refractivity contribution in [2.24, 2.45) is 11.8 Å². The zero-order chi connectivity index (χ0) is 47.5. The van der Waals surface area contributed by atoms with Crippen molar-refractivity contribution in [2.75, 3.05) is 13.2 Å². The lowest BCUT2D eigenvalue weighted by molar-refractivity contribution is -0.167. The number of rotatable bonds is 53. The van der Waals surface area contributed by atoms with E-state index in [1.807, 2.05) is 0 Å². The number of hydrogen-bond donors (Lipinski definition) is 0. The van der Waals surface area contributed by atoms with Crippen molar-refractivity contribution >= 4 is 17.9 Å². The number of esters is 3. The van der Waals surface area contributed by atoms with Gasteiger partial charge in [0.2, 0.25) is 0 Å². The molecular formula is C59H114O6. The third-order valence-electron chi connectivity index (χ3n) is 13.5. The van der Waals surface area contributed by atoms with Crippen LogP contribution in [0.2, 0.25) is 0 Å². The summed E-state index contributed by atoms with van der Waals surface area (Å²) in [7, 11) is 0. The first kappa shape index (κ1) is 63.4. The molecule has 0 aromatic heterocycles. The molecule has 0 aromatic carbocycles. The summed E-state index contributed by atoms with van der Waals surface area (Å²) in [5, 5.41) is 0. The predicted molar refractivity (Wildman–Crippen MR) is 280 cm³/mol. The zero-order valence-electron chi connectivity index (χ0n) is 44.6. The molecule has 6 heteroatoms. The predicted octanol–water partition coefficient (Wildman–Crippen LogP) is 19.3. The molecule has 65 heavy (non-hydrogen) atoms. The van der Waals surface area contributed by atoms with Crippen molar-refractivity contribution in [1.82, 2.24) is 0 Å². The Morgan fingerprint density at radius 2 is 0.508 bits per heavy atom. The molecule has 0 amide bonds. The molecule has 386 valence electrons. The summed E-state index contributed by atoms with van der Waals surface area (Å²) in [6.45, 7) is 11.4. The van der Waals surface area contributed by atoms with E-state index in [-0.39, 0.29) is 31.1 Å². The Morgan fingerprint density at radius 1 is 0.292 bits per heavy atom. The molecule has 0 saturated heterocycles. The molecule has 0 heterocycles. The summed E-state index contributed by atoms with van der Waals surface area (Å²) in [6, 6.07) is 0. The van der Waals surface area contributed by atoms with Crippen molar-refractivity contribution in [3.05, 3.63) is 0 Å². The highest BCUT2D eigenvalue weighted by Crippen LogP contribution is 2.18. The third-order valence-corrected chi connectivity index (χ3v) is 13.5. The molecule has 0 aliphatic heterocycles. The van der Waals surface area contributed by atoms with Crippen LogP contribution < -0.4 is 0 Å². The van der Waals surface area contributed by atoms with E-state index in [4.69, 9.17) is 14.2 Å². The molecule has 0 aliphatic rings. The smallest absolute Gasteiger partial charge is 0.306 e. The fourth-order valence-corrected chi connectivity index (χ4v) is 9.05. The monoisotopic (exact) mass is 919 g/mol. The van der Waals surface area contributed by atoms with Gasteiger partial charge in [-0.25, -0.2) is 0 Å². The maximum atomic E-state index is 12.9. The van der Waals surface area contributed by atoms with Crippen molar-refractivity contribution < 1.29 is 28.6 Å². The fraction of sp³-hybridized carbons (Fsp3) is 0.949. The SMILES string of the molecule is CCCCCCCCCCCCCCCCCCCCCC(=O)O[C@@H](COC(=O)CCCCCCCCCCCCCCC(C)C)COC(=O)CCCCCCCCCCCCC(C)C. The van der Waals surface area contributed by atoms with Crippen molar-refractivity contribution in [3.63, 3.8) is 0 Å². The van der Waals surface area contributed by atoms with E-state index in [1.54, 1.807) is 0 Å². The van der Waals surface area contributed by atoms with Crippen LogP contribution >= 0.6 is 0 Å². The van der Waals surface area contributed by atoms with Crippen LogP contribution in [0.15, 0.2) is 0 Å². The molecule has 0 spiro atoms. The van der Waals surface area contributed by atoms with Gasteiger partial charge in [0.05, 0.1) is 0 Å². The molecule has 0 aromatic rings. The molecule has 0 rings (SSSR count). The normalized spacial score (nSPS) is 12.0. The van der Waals surface area contributed by atoms with E-state index in [0.717, 1.165) is 69.6 Å². The zero-order valence-corrected chi connectivity index (χ0v) is 44.6. The van der Waals surface area contributed by atoms with Crippen LogP contribution in [0.1, 0.15) is 330 Å². The number of carbonyl (C=O) groups is 3. The van der Waals surface area contributed by atoms with E-state index in [9.17, 15) is 14.4 Å². The molecule has 0 N–H and O–H groups in total. The highest BCUT2D eigenvalue weighted by Gasteiger charge is 2.19. The minimum Gasteiger partial charge on any atom is -0.462 e. The Labute approximate surface area is 406 Å². The Hall–Kier alpha value is -1.59. The van der Waals surface area contributed by atoms with Gasteiger partial charge in [-0.2, -0.15) is 0 Å². The maximum absolute atomic E-state index is 12.9. The summed E-state index contributed by atoms with van der Waals surface area (Å²) in [6.07, 6.45) is 55.3. The van der Waals surface area contributed by atoms with Crippen LogP contribution in [-0.4, -0.2) is 37.2 Å². The highest BCUT2D eigenvalue weighted by atomic mass is 16.6. The second-order valence-corrected chi connectivity index (χ2v) is 21.2. The summed E-state index contributed by atoms with van der Waals surface area (Å²) < 4.78 is 16.9. The average Bonchev–Trinajstić information content (AvgIpc) is 3.28. The quantitative estimate of drug-likeness (QED) is 0.0344. The van der Waals surface area contributed by atoms with Gasteiger partial charge in [-0.1, -0.05) is 291 Å². The Kier molecular flexibility index (Phi) is 50.5. The van der Waals surface area contributed by atoms with Gasteiger partial charge in [0.15, 0.2) is 6.10 Å². The largest absolute Gasteiger partial charge is 0.462 e. The summed E-state index contributed by atoms with van der Waals surface area (Å²) >= 11 is 0. The second-order valence-electron chi connectivity index (χ2n) is 21.2. The van der Waals surface area contributed by atoms with E-state index in [0.29, 0.717) is 19.3 Å². The van der Waals surface area contributed by atoms with Gasteiger partial charge in [-0.15, -0.1) is 0 Å². The lowest BCUT2D eigenvalue weighted by Gasteiger charge is -2.18. The van der Waals surface area contributed by atoms with Crippen LogP contribution in [-0.2, 0) is 28.6 Å². The number of hydrogen-bond acceptors (Lipinski definition) is 6. The van der Waals surface area contributed by atoms with Crippen molar-refractivity contribution in [2.45, 2.75) is 336 Å². The van der Waals surface area contributed by atoms with E-state index in [1.165, 1.54) is 218 Å². The Bertz CT molecular complexity index is 993. The van der Waals surface area contributed by atoms with Crippen LogP contribution in [0, 0.1) is 11.8 Å². The van der Waals surface area contributed by atoms with Crippen molar-refractivity contribution in [3.8, 4) is 0 Å². The third kappa shape index (κ3) is 53.2. The molecule has 0 unspecified atom stereocenters. The standard InChI is InChI=1S/C59H114O6/c1-6-7-8-9-10-11-12-13-14-15-16-17-18-19-24-31-36-41-46-51-59(62)65-56(53-64-58(61)50-45-40-35-30-26-25-28-33-38-43-48-55(4)5)52-63-57(60)49-44-39-34-29-23-21-20-22-27-32-37-42-47-54(2)3/h54-56H,6-53H2,1-5H3/t56-/m0/s1. The van der Waals surface area contributed by atoms with E-state index in [2.05, 4.69) is 34.6 Å². The first-order valence-electron chi connectivity index (χ1n) is 29.2. The van der Waals surface area contributed by atoms with Gasteiger partial charge in [0.1, 0.15) is 13.2 Å². The lowest BCUT2D eigenvalue weighted by atomic mass is 10.0. The van der Waals surface area contributed by atoms with Gasteiger partial charge in [0, 0.05) is 19.3 Å². The maximum Gasteiger partial charge on any atom is 0.306 e. The van der Waals surface area contributed by atoms with Crippen LogP contribution in [0.3, 0.4) is 0 Å².